The molecule has 0 saturated carbocycles. The topological polar surface area (TPSA) is 130 Å². The lowest BCUT2D eigenvalue weighted by Crippen LogP contribution is -2.57. The van der Waals surface area contributed by atoms with E-state index in [9.17, 15) is 32.8 Å². The number of nitrogens with one attached hydrogen (secondary N) is 2. The lowest BCUT2D eigenvalue weighted by molar-refractivity contribution is -0.138. The third kappa shape index (κ3) is 5.85. The summed E-state index contributed by atoms with van der Waals surface area (Å²) in [4.78, 5) is 41.8. The molecular formula is C26H25F3N6O4. The summed E-state index contributed by atoms with van der Waals surface area (Å²) in [6, 6.07) is 9.69. The third-order valence-electron chi connectivity index (χ3n) is 6.00. The van der Waals surface area contributed by atoms with Crippen LogP contribution in [-0.2, 0) is 20.5 Å². The number of esters is 1. The van der Waals surface area contributed by atoms with Crippen LogP contribution in [0.2, 0.25) is 0 Å². The molecule has 1 aliphatic heterocycles. The molecule has 2 aromatic rings. The number of rotatable bonds is 5. The maximum Gasteiger partial charge on any atom is 0.416 e. The number of methoxy groups -OCH3 is 1. The number of guanidine groups is 1. The Kier molecular flexibility index (Phi) is 8.29. The number of ether oxygens (including phenoxy) is 1. The maximum atomic E-state index is 13.5. The molecule has 3 rings (SSSR count). The molecule has 1 heterocycles. The van der Waals surface area contributed by atoms with Gasteiger partial charge < -0.3 is 15.0 Å². The second-order valence-electron chi connectivity index (χ2n) is 8.65. The monoisotopic (exact) mass is 542 g/mol. The number of urea groups is 1. The van der Waals surface area contributed by atoms with Gasteiger partial charge in [0.05, 0.1) is 36.4 Å². The number of likely N-dealkylation sites (N-methyl/N-ethyl adjacent to an activating group) is 1. The molecule has 0 radical (unpaired) electrons. The van der Waals surface area contributed by atoms with Crippen LogP contribution < -0.4 is 10.2 Å². The largest absolute Gasteiger partial charge is 0.466 e. The highest BCUT2D eigenvalue weighted by atomic mass is 19.4. The van der Waals surface area contributed by atoms with Gasteiger partial charge in [-0.15, -0.1) is 0 Å². The van der Waals surface area contributed by atoms with Crippen LogP contribution in [0, 0.1) is 16.7 Å². The summed E-state index contributed by atoms with van der Waals surface area (Å²) in [5.74, 6) is -1.94. The van der Waals surface area contributed by atoms with Crippen molar-refractivity contribution in [3.05, 3.63) is 76.5 Å². The van der Waals surface area contributed by atoms with Gasteiger partial charge in [-0.25, -0.2) is 9.59 Å². The number of hydrogen-bond donors (Lipinski definition) is 2. The molecule has 0 fully saturated rings. The number of nitriles is 1. The van der Waals surface area contributed by atoms with Gasteiger partial charge in [0.2, 0.25) is 11.9 Å². The molecule has 1 aliphatic rings. The summed E-state index contributed by atoms with van der Waals surface area (Å²) < 4.78 is 45.4. The smallest absolute Gasteiger partial charge is 0.416 e. The van der Waals surface area contributed by atoms with Gasteiger partial charge in [-0.1, -0.05) is 18.2 Å². The van der Waals surface area contributed by atoms with E-state index in [4.69, 9.17) is 10.1 Å². The number of amides is 3. The Balaban J connectivity index is 2.25. The van der Waals surface area contributed by atoms with Crippen molar-refractivity contribution in [3.63, 3.8) is 0 Å². The van der Waals surface area contributed by atoms with E-state index < -0.39 is 48.2 Å². The highest BCUT2D eigenvalue weighted by Gasteiger charge is 2.44. The zero-order valence-corrected chi connectivity index (χ0v) is 21.5. The number of benzene rings is 2. The van der Waals surface area contributed by atoms with Crippen LogP contribution in [0.1, 0.15) is 29.7 Å². The van der Waals surface area contributed by atoms with Crippen LogP contribution in [0.4, 0.5) is 23.7 Å². The molecule has 39 heavy (non-hydrogen) atoms. The molecule has 10 nitrogen and oxygen atoms in total. The SMILES string of the molecule is COC(=O)C1=C(C)N(c2cccc(C(F)(F)F)c2)C(=N)N(C(=O)NCC(=O)N(C)C)C1c1ccc(C#N)cc1. The second kappa shape index (κ2) is 11.3. The van der Waals surface area contributed by atoms with E-state index in [1.165, 1.54) is 56.3 Å². The molecule has 204 valence electrons. The summed E-state index contributed by atoms with van der Waals surface area (Å²) in [6.45, 7) is 0.970. The van der Waals surface area contributed by atoms with Gasteiger partial charge in [-0.2, -0.15) is 18.4 Å². The molecule has 13 heteroatoms. The van der Waals surface area contributed by atoms with Gasteiger partial charge in [0, 0.05) is 25.5 Å². The zero-order chi connectivity index (χ0) is 29.1. The third-order valence-corrected chi connectivity index (χ3v) is 6.00. The highest BCUT2D eigenvalue weighted by Crippen LogP contribution is 2.41. The first-order chi connectivity index (χ1) is 18.3. The Morgan fingerprint density at radius 2 is 1.79 bits per heavy atom. The summed E-state index contributed by atoms with van der Waals surface area (Å²) in [6.07, 6.45) is -4.69. The zero-order valence-electron chi connectivity index (χ0n) is 21.5. The predicted molar refractivity (Wildman–Crippen MR) is 134 cm³/mol. The number of carbonyl (C=O) groups excluding carboxylic acids is 3. The number of hydrogen-bond acceptors (Lipinski definition) is 6. The van der Waals surface area contributed by atoms with Gasteiger partial charge in [-0.3, -0.25) is 20.0 Å². The van der Waals surface area contributed by atoms with Crippen molar-refractivity contribution in [2.75, 3.05) is 32.6 Å². The average Bonchev–Trinajstić information content (AvgIpc) is 2.90. The Morgan fingerprint density at radius 1 is 1.15 bits per heavy atom. The molecule has 2 aromatic carbocycles. The van der Waals surface area contributed by atoms with Crippen LogP contribution in [0.15, 0.2) is 59.8 Å². The molecular weight excluding hydrogens is 517 g/mol. The quantitative estimate of drug-likeness (QED) is 0.556. The normalized spacial score (nSPS) is 15.5. The van der Waals surface area contributed by atoms with Gasteiger partial charge in [0.1, 0.15) is 6.04 Å². The summed E-state index contributed by atoms with van der Waals surface area (Å²) in [7, 11) is 4.06. The van der Waals surface area contributed by atoms with E-state index in [2.05, 4.69) is 5.32 Å². The number of allylic oxidation sites excluding steroid dienone is 1. The average molecular weight is 543 g/mol. The molecule has 2 N–H and O–H groups in total. The van der Waals surface area contributed by atoms with Crippen LogP contribution in [0.3, 0.4) is 0 Å². The van der Waals surface area contributed by atoms with Crippen molar-refractivity contribution in [1.29, 1.82) is 10.7 Å². The van der Waals surface area contributed by atoms with Crippen molar-refractivity contribution in [3.8, 4) is 6.07 Å². The predicted octanol–water partition coefficient (Wildman–Crippen LogP) is 3.62. The van der Waals surface area contributed by atoms with Crippen molar-refractivity contribution in [1.82, 2.24) is 15.1 Å². The van der Waals surface area contributed by atoms with E-state index in [1.54, 1.807) is 0 Å². The Hall–Kier alpha value is -4.86. The fourth-order valence-electron chi connectivity index (χ4n) is 4.01. The first-order valence-corrected chi connectivity index (χ1v) is 11.4. The second-order valence-corrected chi connectivity index (χ2v) is 8.65. The van der Waals surface area contributed by atoms with Crippen molar-refractivity contribution >= 4 is 29.6 Å². The summed E-state index contributed by atoms with van der Waals surface area (Å²) in [5.41, 5.74) is -0.603. The number of alkyl halides is 3. The number of halogens is 3. The van der Waals surface area contributed by atoms with Crippen LogP contribution in [0.25, 0.3) is 0 Å². The van der Waals surface area contributed by atoms with E-state index >= 15 is 0 Å². The fraction of sp³-hybridized carbons (Fsp3) is 0.269. The minimum absolute atomic E-state index is 0.0500. The molecule has 0 bridgehead atoms. The molecule has 0 aromatic heterocycles. The van der Waals surface area contributed by atoms with Crippen molar-refractivity contribution in [2.45, 2.75) is 19.1 Å². The van der Waals surface area contributed by atoms with Gasteiger partial charge in [0.25, 0.3) is 0 Å². The fourth-order valence-corrected chi connectivity index (χ4v) is 4.01. The molecule has 0 spiro atoms. The van der Waals surface area contributed by atoms with E-state index in [0.717, 1.165) is 35.1 Å². The first-order valence-electron chi connectivity index (χ1n) is 11.4. The summed E-state index contributed by atoms with van der Waals surface area (Å²) >= 11 is 0. The minimum Gasteiger partial charge on any atom is -0.466 e. The summed E-state index contributed by atoms with van der Waals surface area (Å²) in [5, 5.41) is 20.5. The number of anilines is 1. The Bertz CT molecular complexity index is 1380. The number of carbonyl (C=O) groups is 3. The highest BCUT2D eigenvalue weighted by molar-refractivity contribution is 6.10. The van der Waals surface area contributed by atoms with E-state index in [0.29, 0.717) is 11.1 Å². The first kappa shape index (κ1) is 28.7. The number of nitrogens with zero attached hydrogens (tertiary/aromatic N) is 4. The molecule has 0 saturated heterocycles. The molecule has 3 amide bonds. The lowest BCUT2D eigenvalue weighted by Gasteiger charge is -2.43. The van der Waals surface area contributed by atoms with Crippen LogP contribution in [-0.4, -0.2) is 61.4 Å². The Labute approximate surface area is 222 Å². The van der Waals surface area contributed by atoms with Gasteiger partial charge in [-0.05, 0) is 42.8 Å². The molecule has 1 unspecified atom stereocenters. The molecule has 0 aliphatic carbocycles. The molecule has 1 atom stereocenters. The van der Waals surface area contributed by atoms with Gasteiger partial charge in [0.15, 0.2) is 0 Å². The van der Waals surface area contributed by atoms with E-state index in [1.807, 2.05) is 6.07 Å². The lowest BCUT2D eigenvalue weighted by atomic mass is 9.92. The van der Waals surface area contributed by atoms with Crippen LogP contribution in [0.5, 0.6) is 0 Å². The van der Waals surface area contributed by atoms with Gasteiger partial charge >= 0.3 is 18.2 Å². The maximum absolute atomic E-state index is 13.5. The standard InChI is InChI=1S/C26H25F3N6O4/c1-15-21(23(37)39-4)22(17-10-8-16(13-30)9-11-17)35(25(38)32-14-20(36)33(2)3)24(31)34(15)19-7-5-6-18(12-19)26(27,28)29/h5-12,22,31H,14H2,1-4H3,(H,32,38). The van der Waals surface area contributed by atoms with E-state index in [-0.39, 0.29) is 17.0 Å². The van der Waals surface area contributed by atoms with Crippen molar-refractivity contribution in [2.24, 2.45) is 0 Å². The Morgan fingerprint density at radius 3 is 2.33 bits per heavy atom. The van der Waals surface area contributed by atoms with Crippen molar-refractivity contribution < 1.29 is 32.3 Å². The van der Waals surface area contributed by atoms with Crippen LogP contribution >= 0.6 is 0 Å². The minimum atomic E-state index is -4.69.